The highest BCUT2D eigenvalue weighted by Gasteiger charge is 2.26. The third-order valence-corrected chi connectivity index (χ3v) is 4.47. The number of benzene rings is 2. The normalized spacial score (nSPS) is 11.6. The van der Waals surface area contributed by atoms with Crippen LogP contribution in [-0.2, 0) is 5.41 Å². The highest BCUT2D eigenvalue weighted by atomic mass is 14.9. The van der Waals surface area contributed by atoms with E-state index in [0.29, 0.717) is 0 Å². The first-order chi connectivity index (χ1) is 9.98. The van der Waals surface area contributed by atoms with Crippen LogP contribution in [0.5, 0.6) is 0 Å². The molecule has 0 heterocycles. The number of allylic oxidation sites excluding steroid dienone is 1. The molecule has 2 aromatic rings. The maximum Gasteiger partial charge on any atom is 0.0388 e. The van der Waals surface area contributed by atoms with Crippen LogP contribution in [0.2, 0.25) is 0 Å². The van der Waals surface area contributed by atoms with Crippen LogP contribution in [0.1, 0.15) is 46.1 Å². The standard InChI is InChI=1S/C20H27N/c1-6-7-14-21-18-13-12-16-10-8-9-11-17(16)19(18)20(4,5)15(2)3/h8-13,21H,2,6-7,14H2,1,3-5H3. The zero-order chi connectivity index (χ0) is 15.5. The van der Waals surface area contributed by atoms with Gasteiger partial charge in [0.05, 0.1) is 0 Å². The molecule has 1 N–H and O–H groups in total. The third-order valence-electron chi connectivity index (χ3n) is 4.47. The molecule has 21 heavy (non-hydrogen) atoms. The predicted molar refractivity (Wildman–Crippen MR) is 95.2 cm³/mol. The number of anilines is 1. The van der Waals surface area contributed by atoms with Crippen molar-refractivity contribution in [2.45, 2.75) is 46.0 Å². The van der Waals surface area contributed by atoms with E-state index in [9.17, 15) is 0 Å². The number of nitrogens with one attached hydrogen (secondary N) is 1. The summed E-state index contributed by atoms with van der Waals surface area (Å²) >= 11 is 0. The number of fused-ring (bicyclic) bond motifs is 1. The van der Waals surface area contributed by atoms with E-state index < -0.39 is 0 Å². The van der Waals surface area contributed by atoms with Crippen LogP contribution in [-0.4, -0.2) is 6.54 Å². The summed E-state index contributed by atoms with van der Waals surface area (Å²) in [6.45, 7) is 14.1. The molecule has 0 aliphatic heterocycles. The average molecular weight is 281 g/mol. The van der Waals surface area contributed by atoms with Gasteiger partial charge < -0.3 is 5.32 Å². The van der Waals surface area contributed by atoms with Crippen molar-refractivity contribution in [3.8, 4) is 0 Å². The molecule has 0 aliphatic carbocycles. The summed E-state index contributed by atoms with van der Waals surface area (Å²) in [6.07, 6.45) is 2.40. The van der Waals surface area contributed by atoms with Crippen LogP contribution in [0.15, 0.2) is 48.6 Å². The first-order valence-corrected chi connectivity index (χ1v) is 7.90. The van der Waals surface area contributed by atoms with Gasteiger partial charge in [-0.1, -0.05) is 69.7 Å². The first-order valence-electron chi connectivity index (χ1n) is 7.90. The Hall–Kier alpha value is -1.76. The van der Waals surface area contributed by atoms with Gasteiger partial charge in [0.25, 0.3) is 0 Å². The fourth-order valence-electron chi connectivity index (χ4n) is 2.71. The molecule has 0 aliphatic rings. The molecule has 0 saturated carbocycles. The van der Waals surface area contributed by atoms with Crippen molar-refractivity contribution in [2.75, 3.05) is 11.9 Å². The Morgan fingerprint density at radius 3 is 2.52 bits per heavy atom. The summed E-state index contributed by atoms with van der Waals surface area (Å²) in [6, 6.07) is 13.1. The molecule has 112 valence electrons. The maximum absolute atomic E-state index is 4.22. The highest BCUT2D eigenvalue weighted by Crippen LogP contribution is 2.40. The summed E-state index contributed by atoms with van der Waals surface area (Å²) in [5.74, 6) is 0. The predicted octanol–water partition coefficient (Wildman–Crippen LogP) is 5.91. The zero-order valence-electron chi connectivity index (χ0n) is 13.8. The second-order valence-electron chi connectivity index (χ2n) is 6.39. The summed E-state index contributed by atoms with van der Waals surface area (Å²) in [7, 11) is 0. The minimum absolute atomic E-state index is 0.0462. The summed E-state index contributed by atoms with van der Waals surface area (Å²) in [5.41, 5.74) is 3.76. The summed E-state index contributed by atoms with van der Waals surface area (Å²) in [4.78, 5) is 0. The van der Waals surface area contributed by atoms with Gasteiger partial charge >= 0.3 is 0 Å². The lowest BCUT2D eigenvalue weighted by atomic mass is 9.76. The van der Waals surface area contributed by atoms with Crippen molar-refractivity contribution in [1.82, 2.24) is 0 Å². The molecule has 1 heteroatoms. The van der Waals surface area contributed by atoms with Gasteiger partial charge in [-0.05, 0) is 35.7 Å². The van der Waals surface area contributed by atoms with E-state index >= 15 is 0 Å². The van der Waals surface area contributed by atoms with Crippen LogP contribution in [0.4, 0.5) is 5.69 Å². The zero-order valence-corrected chi connectivity index (χ0v) is 13.8. The van der Waals surface area contributed by atoms with Gasteiger partial charge in [0.1, 0.15) is 0 Å². The molecule has 0 unspecified atom stereocenters. The van der Waals surface area contributed by atoms with Gasteiger partial charge in [0.15, 0.2) is 0 Å². The Labute approximate surface area is 129 Å². The van der Waals surface area contributed by atoms with E-state index in [0.717, 1.165) is 6.54 Å². The van der Waals surface area contributed by atoms with Crippen LogP contribution in [0.25, 0.3) is 10.8 Å². The largest absolute Gasteiger partial charge is 0.385 e. The lowest BCUT2D eigenvalue weighted by molar-refractivity contribution is 0.633. The highest BCUT2D eigenvalue weighted by molar-refractivity contribution is 5.91. The van der Waals surface area contributed by atoms with Crippen molar-refractivity contribution in [2.24, 2.45) is 0 Å². The molecule has 0 saturated heterocycles. The minimum atomic E-state index is -0.0462. The quantitative estimate of drug-likeness (QED) is 0.513. The SMILES string of the molecule is C=C(C)C(C)(C)c1c(NCCCC)ccc2ccccc12. The summed E-state index contributed by atoms with van der Waals surface area (Å²) < 4.78 is 0. The number of hydrogen-bond acceptors (Lipinski definition) is 1. The van der Waals surface area contributed by atoms with Gasteiger partial charge in [-0.15, -0.1) is 0 Å². The van der Waals surface area contributed by atoms with E-state index in [1.54, 1.807) is 0 Å². The van der Waals surface area contributed by atoms with Gasteiger partial charge in [-0.3, -0.25) is 0 Å². The number of rotatable bonds is 6. The Bertz CT molecular complexity index is 637. The molecule has 0 spiro atoms. The molecular weight excluding hydrogens is 254 g/mol. The molecule has 0 radical (unpaired) electrons. The lowest BCUT2D eigenvalue weighted by Gasteiger charge is -2.30. The second-order valence-corrected chi connectivity index (χ2v) is 6.39. The fraction of sp³-hybridized carbons (Fsp3) is 0.400. The first kappa shape index (κ1) is 15.6. The average Bonchev–Trinajstić information content (AvgIpc) is 2.46. The van der Waals surface area contributed by atoms with E-state index in [4.69, 9.17) is 0 Å². The molecular formula is C20H27N. The summed E-state index contributed by atoms with van der Waals surface area (Å²) in [5, 5.41) is 6.25. The smallest absolute Gasteiger partial charge is 0.0388 e. The Kier molecular flexibility index (Phi) is 4.72. The Balaban J connectivity index is 2.60. The van der Waals surface area contributed by atoms with E-state index in [2.05, 4.69) is 76.0 Å². The molecule has 1 nitrogen and oxygen atoms in total. The van der Waals surface area contributed by atoms with Crippen LogP contribution in [0.3, 0.4) is 0 Å². The van der Waals surface area contributed by atoms with Gasteiger partial charge in [0, 0.05) is 17.6 Å². The van der Waals surface area contributed by atoms with Crippen LogP contribution < -0.4 is 5.32 Å². The maximum atomic E-state index is 4.22. The lowest BCUT2D eigenvalue weighted by Crippen LogP contribution is -2.21. The minimum Gasteiger partial charge on any atom is -0.385 e. The van der Waals surface area contributed by atoms with Gasteiger partial charge in [-0.25, -0.2) is 0 Å². The van der Waals surface area contributed by atoms with Crippen molar-refractivity contribution >= 4 is 16.5 Å². The monoisotopic (exact) mass is 281 g/mol. The third kappa shape index (κ3) is 3.12. The van der Waals surface area contributed by atoms with E-state index in [1.165, 1.54) is 40.4 Å². The number of hydrogen-bond donors (Lipinski definition) is 1. The van der Waals surface area contributed by atoms with Crippen LogP contribution >= 0.6 is 0 Å². The Morgan fingerprint density at radius 1 is 1.14 bits per heavy atom. The van der Waals surface area contributed by atoms with Crippen molar-refractivity contribution in [3.05, 3.63) is 54.1 Å². The van der Waals surface area contributed by atoms with Gasteiger partial charge in [0.2, 0.25) is 0 Å². The molecule has 2 aromatic carbocycles. The topological polar surface area (TPSA) is 12.0 Å². The van der Waals surface area contributed by atoms with Crippen molar-refractivity contribution < 1.29 is 0 Å². The van der Waals surface area contributed by atoms with E-state index in [1.807, 2.05) is 0 Å². The van der Waals surface area contributed by atoms with Crippen LogP contribution in [0, 0.1) is 0 Å². The van der Waals surface area contributed by atoms with Crippen molar-refractivity contribution in [1.29, 1.82) is 0 Å². The molecule has 0 amide bonds. The molecule has 0 atom stereocenters. The molecule has 0 bridgehead atoms. The van der Waals surface area contributed by atoms with Gasteiger partial charge in [-0.2, -0.15) is 0 Å². The fourth-order valence-corrected chi connectivity index (χ4v) is 2.71. The molecule has 2 rings (SSSR count). The Morgan fingerprint density at radius 2 is 1.86 bits per heavy atom. The second kappa shape index (κ2) is 6.34. The number of unbranched alkanes of at least 4 members (excludes halogenated alkanes) is 1. The van der Waals surface area contributed by atoms with Crippen molar-refractivity contribution in [3.63, 3.8) is 0 Å². The molecule has 0 fully saturated rings. The molecule has 0 aromatic heterocycles. The van der Waals surface area contributed by atoms with E-state index in [-0.39, 0.29) is 5.41 Å².